The Hall–Kier alpha value is -2.28. The number of nitrogens with zero attached hydrogens (tertiary/aromatic N) is 2. The molecule has 0 aromatic carbocycles. The monoisotopic (exact) mass is 291 g/mol. The van der Waals surface area contributed by atoms with Crippen molar-refractivity contribution in [1.29, 1.82) is 0 Å². The lowest BCUT2D eigenvalue weighted by molar-refractivity contribution is -0.142. The molecule has 0 saturated carbocycles. The van der Waals surface area contributed by atoms with Gasteiger partial charge in [-0.05, 0) is 19.1 Å². The molecule has 0 aliphatic heterocycles. The lowest BCUT2D eigenvalue weighted by Gasteiger charge is -2.00. The maximum Gasteiger partial charge on any atom is 0.311 e. The van der Waals surface area contributed by atoms with E-state index >= 15 is 0 Å². The normalized spacial score (nSPS) is 10.1. The van der Waals surface area contributed by atoms with Gasteiger partial charge in [0.25, 0.3) is 5.91 Å². The van der Waals surface area contributed by atoms with Crippen molar-refractivity contribution in [3.8, 4) is 0 Å². The zero-order valence-electron chi connectivity index (χ0n) is 10.8. The van der Waals surface area contributed by atoms with Crippen LogP contribution in [0.2, 0.25) is 0 Å². The van der Waals surface area contributed by atoms with Gasteiger partial charge in [0, 0.05) is 17.3 Å². The van der Waals surface area contributed by atoms with E-state index in [2.05, 4.69) is 15.3 Å². The highest BCUT2D eigenvalue weighted by atomic mass is 32.1. The van der Waals surface area contributed by atoms with Crippen molar-refractivity contribution in [3.63, 3.8) is 0 Å². The van der Waals surface area contributed by atoms with Gasteiger partial charge >= 0.3 is 5.97 Å². The van der Waals surface area contributed by atoms with Crippen LogP contribution in [0.5, 0.6) is 0 Å². The summed E-state index contributed by atoms with van der Waals surface area (Å²) in [5.41, 5.74) is 0.314. The number of aromatic nitrogens is 2. The van der Waals surface area contributed by atoms with Crippen LogP contribution in [0.25, 0.3) is 0 Å². The minimum Gasteiger partial charge on any atom is -0.466 e. The van der Waals surface area contributed by atoms with Crippen molar-refractivity contribution < 1.29 is 14.3 Å². The summed E-state index contributed by atoms with van der Waals surface area (Å²) in [6.45, 7) is 2.10. The number of carbonyl (C=O) groups is 2. The molecular formula is C13H13N3O3S. The maximum atomic E-state index is 11.8. The molecule has 20 heavy (non-hydrogen) atoms. The van der Waals surface area contributed by atoms with Gasteiger partial charge in [-0.3, -0.25) is 19.9 Å². The molecule has 0 spiro atoms. The van der Waals surface area contributed by atoms with E-state index in [9.17, 15) is 9.59 Å². The summed E-state index contributed by atoms with van der Waals surface area (Å²) in [6.07, 6.45) is 3.25. The first kappa shape index (κ1) is 14.1. The lowest BCUT2D eigenvalue weighted by atomic mass is 10.3. The van der Waals surface area contributed by atoms with Crippen LogP contribution >= 0.6 is 11.3 Å². The van der Waals surface area contributed by atoms with Crippen LogP contribution in [0.15, 0.2) is 30.6 Å². The van der Waals surface area contributed by atoms with Gasteiger partial charge in [0.1, 0.15) is 5.69 Å². The maximum absolute atomic E-state index is 11.8. The first-order valence-electron chi connectivity index (χ1n) is 6.01. The van der Waals surface area contributed by atoms with Gasteiger partial charge in [-0.2, -0.15) is 0 Å². The number of esters is 1. The predicted molar refractivity (Wildman–Crippen MR) is 74.6 cm³/mol. The van der Waals surface area contributed by atoms with E-state index in [0.717, 1.165) is 4.88 Å². The van der Waals surface area contributed by atoms with E-state index in [1.165, 1.54) is 11.3 Å². The molecule has 2 rings (SSSR count). The van der Waals surface area contributed by atoms with Crippen LogP contribution in [0.1, 0.15) is 22.3 Å². The molecule has 0 atom stereocenters. The van der Waals surface area contributed by atoms with E-state index < -0.39 is 0 Å². The number of hydrogen-bond acceptors (Lipinski definition) is 6. The molecule has 0 aliphatic rings. The zero-order valence-corrected chi connectivity index (χ0v) is 11.6. The Morgan fingerprint density at radius 2 is 2.20 bits per heavy atom. The molecule has 2 aromatic heterocycles. The third-order valence-electron chi connectivity index (χ3n) is 2.30. The molecular weight excluding hydrogens is 278 g/mol. The second-order valence-corrected chi connectivity index (χ2v) is 4.90. The topological polar surface area (TPSA) is 81.2 Å². The van der Waals surface area contributed by atoms with Gasteiger partial charge in [-0.1, -0.05) is 6.07 Å². The summed E-state index contributed by atoms with van der Waals surface area (Å²) in [5, 5.41) is 3.07. The number of thiazole rings is 1. The lowest BCUT2D eigenvalue weighted by Crippen LogP contribution is -2.12. The average Bonchev–Trinajstić information content (AvgIpc) is 2.87. The molecule has 0 bridgehead atoms. The van der Waals surface area contributed by atoms with Crippen LogP contribution in [-0.4, -0.2) is 28.5 Å². The highest BCUT2D eigenvalue weighted by Gasteiger charge is 2.11. The number of anilines is 1. The second-order valence-electron chi connectivity index (χ2n) is 3.78. The highest BCUT2D eigenvalue weighted by Crippen LogP contribution is 2.19. The van der Waals surface area contributed by atoms with Crippen LogP contribution in [0.3, 0.4) is 0 Å². The molecule has 0 aliphatic carbocycles. The fraction of sp³-hybridized carbons (Fsp3) is 0.231. The summed E-state index contributed by atoms with van der Waals surface area (Å²) < 4.78 is 4.85. The zero-order chi connectivity index (χ0) is 14.4. The van der Waals surface area contributed by atoms with Crippen LogP contribution in [-0.2, 0) is 16.0 Å². The SMILES string of the molecule is CCOC(=O)Cc1cnc(NC(=O)c2ccccn2)s1. The van der Waals surface area contributed by atoms with E-state index in [1.807, 2.05) is 0 Å². The molecule has 0 saturated heterocycles. The summed E-state index contributed by atoms with van der Waals surface area (Å²) in [7, 11) is 0. The van der Waals surface area contributed by atoms with Crippen molar-refractivity contribution in [3.05, 3.63) is 41.2 Å². The quantitative estimate of drug-likeness (QED) is 0.851. The van der Waals surface area contributed by atoms with Gasteiger partial charge in [0.15, 0.2) is 5.13 Å². The molecule has 104 valence electrons. The number of pyridine rings is 1. The Morgan fingerprint density at radius 3 is 2.90 bits per heavy atom. The molecule has 0 fully saturated rings. The summed E-state index contributed by atoms with van der Waals surface area (Å²) in [4.78, 5) is 31.9. The fourth-order valence-corrected chi connectivity index (χ4v) is 2.25. The third kappa shape index (κ3) is 3.86. The van der Waals surface area contributed by atoms with E-state index in [0.29, 0.717) is 17.4 Å². The summed E-state index contributed by atoms with van der Waals surface area (Å²) in [6, 6.07) is 5.08. The summed E-state index contributed by atoms with van der Waals surface area (Å²) in [5.74, 6) is -0.638. The number of hydrogen-bond donors (Lipinski definition) is 1. The Morgan fingerprint density at radius 1 is 1.35 bits per heavy atom. The number of rotatable bonds is 5. The van der Waals surface area contributed by atoms with E-state index in [-0.39, 0.29) is 18.3 Å². The van der Waals surface area contributed by atoms with Crippen LogP contribution in [0, 0.1) is 0 Å². The van der Waals surface area contributed by atoms with E-state index in [4.69, 9.17) is 4.74 Å². The molecule has 0 unspecified atom stereocenters. The van der Waals surface area contributed by atoms with Crippen molar-refractivity contribution in [2.45, 2.75) is 13.3 Å². The standard InChI is InChI=1S/C13H13N3O3S/c1-2-19-11(17)7-9-8-15-13(20-9)16-12(18)10-5-3-4-6-14-10/h3-6,8H,2,7H2,1H3,(H,15,16,18). The Labute approximate surface area is 119 Å². The smallest absolute Gasteiger partial charge is 0.311 e. The van der Waals surface area contributed by atoms with Crippen molar-refractivity contribution in [1.82, 2.24) is 9.97 Å². The average molecular weight is 291 g/mol. The molecule has 6 nitrogen and oxygen atoms in total. The fourth-order valence-electron chi connectivity index (χ4n) is 1.46. The molecule has 2 aromatic rings. The van der Waals surface area contributed by atoms with E-state index in [1.54, 1.807) is 37.5 Å². The first-order valence-corrected chi connectivity index (χ1v) is 6.83. The highest BCUT2D eigenvalue weighted by molar-refractivity contribution is 7.15. The Balaban J connectivity index is 1.96. The minimum absolute atomic E-state index is 0.158. The van der Waals surface area contributed by atoms with Gasteiger partial charge in [-0.25, -0.2) is 4.98 Å². The molecule has 1 amide bonds. The van der Waals surface area contributed by atoms with Gasteiger partial charge < -0.3 is 4.74 Å². The van der Waals surface area contributed by atoms with Crippen LogP contribution < -0.4 is 5.32 Å². The third-order valence-corrected chi connectivity index (χ3v) is 3.21. The Bertz CT molecular complexity index is 598. The predicted octanol–water partition coefficient (Wildman–Crippen LogP) is 1.90. The second kappa shape index (κ2) is 6.76. The van der Waals surface area contributed by atoms with Crippen molar-refractivity contribution in [2.75, 3.05) is 11.9 Å². The largest absolute Gasteiger partial charge is 0.466 e. The van der Waals surface area contributed by atoms with Gasteiger partial charge in [-0.15, -0.1) is 11.3 Å². The molecule has 1 N–H and O–H groups in total. The summed E-state index contributed by atoms with van der Waals surface area (Å²) >= 11 is 1.24. The first-order chi connectivity index (χ1) is 9.69. The molecule has 0 radical (unpaired) electrons. The van der Waals surface area contributed by atoms with Crippen LogP contribution in [0.4, 0.5) is 5.13 Å². The number of nitrogens with one attached hydrogen (secondary N) is 1. The van der Waals surface area contributed by atoms with Gasteiger partial charge in [0.2, 0.25) is 0 Å². The minimum atomic E-state index is -0.331. The molecule has 7 heteroatoms. The number of amides is 1. The van der Waals surface area contributed by atoms with Crippen molar-refractivity contribution >= 4 is 28.3 Å². The number of carbonyl (C=O) groups excluding carboxylic acids is 2. The molecule has 2 heterocycles. The number of ether oxygens (including phenoxy) is 1. The van der Waals surface area contributed by atoms with Crippen molar-refractivity contribution in [2.24, 2.45) is 0 Å². The van der Waals surface area contributed by atoms with Gasteiger partial charge in [0.05, 0.1) is 13.0 Å². The Kier molecular flexibility index (Phi) is 4.78.